The van der Waals surface area contributed by atoms with Gasteiger partial charge in [-0.25, -0.2) is 0 Å². The largest absolute Gasteiger partial charge is 0.0587 e. The van der Waals surface area contributed by atoms with Gasteiger partial charge >= 0.3 is 0 Å². The fourth-order valence-electron chi connectivity index (χ4n) is 4.57. The first-order valence-corrected chi connectivity index (χ1v) is 11.9. The highest BCUT2D eigenvalue weighted by Gasteiger charge is 2.09. The van der Waals surface area contributed by atoms with Crippen LogP contribution in [0.25, 0.3) is 45.8 Å². The second-order valence-corrected chi connectivity index (χ2v) is 9.35. The van der Waals surface area contributed by atoms with Crippen molar-refractivity contribution in [2.75, 3.05) is 0 Å². The normalized spacial score (nSPS) is 11.9. The fraction of sp³-hybridized carbons (Fsp3) is 0.118. The topological polar surface area (TPSA) is 0 Å². The van der Waals surface area contributed by atoms with Crippen molar-refractivity contribution in [1.82, 2.24) is 0 Å². The van der Waals surface area contributed by atoms with Crippen LogP contribution in [-0.2, 0) is 0 Å². The lowest BCUT2D eigenvalue weighted by Gasteiger charge is -2.13. The molecule has 0 aliphatic heterocycles. The summed E-state index contributed by atoms with van der Waals surface area (Å²) in [7, 11) is 0. The minimum Gasteiger partial charge on any atom is -0.0587 e. The molecule has 166 valence electrons. The van der Waals surface area contributed by atoms with E-state index in [0.717, 1.165) is 0 Å². The molecule has 0 aromatic heterocycles. The molecule has 0 aliphatic carbocycles. The van der Waals surface area contributed by atoms with Gasteiger partial charge < -0.3 is 0 Å². The number of hydrogen-bond donors (Lipinski definition) is 0. The summed E-state index contributed by atoms with van der Waals surface area (Å²) in [6.45, 7) is 8.72. The van der Waals surface area contributed by atoms with E-state index in [1.54, 1.807) is 0 Å². The van der Waals surface area contributed by atoms with Crippen LogP contribution in [0.4, 0.5) is 0 Å². The van der Waals surface area contributed by atoms with Gasteiger partial charge in [0.05, 0.1) is 0 Å². The van der Waals surface area contributed by atoms with Gasteiger partial charge in [0.2, 0.25) is 0 Å². The Kier molecular flexibility index (Phi) is 5.90. The number of benzene rings is 5. The Balaban J connectivity index is 1.59. The standard InChI is InChI=1S/C34H30/c1-23-5-9-27(10-6-23)13-15-29-17-19-31-25(3)26(4)32-20-18-30(22-34(32)33(31)21-29)16-14-28-11-7-24(2)8-12-28/h5-22H,1-4H3/b15-13+,16-14+. The lowest BCUT2D eigenvalue weighted by Crippen LogP contribution is -1.90. The summed E-state index contributed by atoms with van der Waals surface area (Å²) in [6, 6.07) is 31.0. The molecule has 0 fully saturated rings. The van der Waals surface area contributed by atoms with Crippen molar-refractivity contribution in [2.45, 2.75) is 27.7 Å². The van der Waals surface area contributed by atoms with Crippen LogP contribution in [-0.4, -0.2) is 0 Å². The van der Waals surface area contributed by atoms with E-state index in [0.29, 0.717) is 0 Å². The number of fused-ring (bicyclic) bond motifs is 3. The molecule has 0 unspecified atom stereocenters. The Hall–Kier alpha value is -3.90. The molecule has 0 N–H and O–H groups in total. The number of aryl methyl sites for hydroxylation is 4. The maximum absolute atomic E-state index is 2.34. The van der Waals surface area contributed by atoms with Gasteiger partial charge in [-0.1, -0.05) is 108 Å². The third-order valence-electron chi connectivity index (χ3n) is 6.84. The third kappa shape index (κ3) is 4.45. The summed E-state index contributed by atoms with van der Waals surface area (Å²) in [4.78, 5) is 0. The fourth-order valence-corrected chi connectivity index (χ4v) is 4.57. The van der Waals surface area contributed by atoms with E-state index in [1.165, 1.54) is 66.1 Å². The molecule has 0 saturated heterocycles. The molecule has 5 aromatic rings. The number of hydrogen-bond acceptors (Lipinski definition) is 0. The lowest BCUT2D eigenvalue weighted by molar-refractivity contribution is 1.41. The molecule has 0 heterocycles. The summed E-state index contributed by atoms with van der Waals surface area (Å²) in [5.74, 6) is 0. The molecule has 0 spiro atoms. The van der Waals surface area contributed by atoms with Crippen LogP contribution >= 0.6 is 0 Å². The van der Waals surface area contributed by atoms with Crippen molar-refractivity contribution in [2.24, 2.45) is 0 Å². The molecule has 5 aromatic carbocycles. The molecule has 0 amide bonds. The Morgan fingerprint density at radius 1 is 0.353 bits per heavy atom. The van der Waals surface area contributed by atoms with Gasteiger partial charge in [0, 0.05) is 0 Å². The van der Waals surface area contributed by atoms with Gasteiger partial charge in [0.25, 0.3) is 0 Å². The van der Waals surface area contributed by atoms with Crippen molar-refractivity contribution < 1.29 is 0 Å². The smallest absolute Gasteiger partial charge is 0.00964 e. The van der Waals surface area contributed by atoms with Crippen molar-refractivity contribution in [3.63, 3.8) is 0 Å². The quantitative estimate of drug-likeness (QED) is 0.193. The van der Waals surface area contributed by atoms with E-state index >= 15 is 0 Å². The van der Waals surface area contributed by atoms with Crippen LogP contribution in [0.1, 0.15) is 44.5 Å². The maximum Gasteiger partial charge on any atom is -0.00964 e. The van der Waals surface area contributed by atoms with E-state index in [9.17, 15) is 0 Å². The van der Waals surface area contributed by atoms with Crippen LogP contribution in [0.3, 0.4) is 0 Å². The average Bonchev–Trinajstić information content (AvgIpc) is 2.86. The predicted molar refractivity (Wildman–Crippen MR) is 151 cm³/mol. The first-order valence-electron chi connectivity index (χ1n) is 11.9. The summed E-state index contributed by atoms with van der Waals surface area (Å²) in [5.41, 5.74) is 10.2. The molecular weight excluding hydrogens is 408 g/mol. The van der Waals surface area contributed by atoms with Crippen molar-refractivity contribution in [3.05, 3.63) is 129 Å². The summed E-state index contributed by atoms with van der Waals surface area (Å²) in [6.07, 6.45) is 8.82. The zero-order chi connectivity index (χ0) is 23.7. The second-order valence-electron chi connectivity index (χ2n) is 9.35. The highest BCUT2D eigenvalue weighted by molar-refractivity contribution is 6.11. The van der Waals surface area contributed by atoms with Crippen LogP contribution in [0.2, 0.25) is 0 Å². The highest BCUT2D eigenvalue weighted by atomic mass is 14.1. The molecule has 0 saturated carbocycles. The van der Waals surface area contributed by atoms with Gasteiger partial charge in [0.15, 0.2) is 0 Å². The van der Waals surface area contributed by atoms with Gasteiger partial charge in [-0.2, -0.15) is 0 Å². The van der Waals surface area contributed by atoms with Gasteiger partial charge in [-0.15, -0.1) is 0 Å². The van der Waals surface area contributed by atoms with Gasteiger partial charge in [-0.05, 0) is 94.8 Å². The third-order valence-corrected chi connectivity index (χ3v) is 6.84. The zero-order valence-corrected chi connectivity index (χ0v) is 20.4. The minimum atomic E-state index is 1.22. The molecule has 34 heavy (non-hydrogen) atoms. The Morgan fingerprint density at radius 2 is 0.676 bits per heavy atom. The molecule has 0 bridgehead atoms. The van der Waals surface area contributed by atoms with Crippen molar-refractivity contribution >= 4 is 45.8 Å². The predicted octanol–water partition coefficient (Wildman–Crippen LogP) is 9.57. The monoisotopic (exact) mass is 438 g/mol. The average molecular weight is 439 g/mol. The van der Waals surface area contributed by atoms with Crippen LogP contribution in [0, 0.1) is 27.7 Å². The summed E-state index contributed by atoms with van der Waals surface area (Å²) < 4.78 is 0. The molecule has 0 aliphatic rings. The van der Waals surface area contributed by atoms with Gasteiger partial charge in [-0.3, -0.25) is 0 Å². The van der Waals surface area contributed by atoms with E-state index < -0.39 is 0 Å². The molecular formula is C34H30. The minimum absolute atomic E-state index is 1.22. The van der Waals surface area contributed by atoms with Crippen LogP contribution in [0.15, 0.2) is 84.9 Å². The van der Waals surface area contributed by atoms with Crippen LogP contribution < -0.4 is 0 Å². The number of rotatable bonds is 4. The first kappa shape index (κ1) is 21.9. The molecule has 5 rings (SSSR count). The maximum atomic E-state index is 2.34. The second kappa shape index (κ2) is 9.15. The lowest BCUT2D eigenvalue weighted by atomic mass is 9.91. The van der Waals surface area contributed by atoms with Crippen LogP contribution in [0.5, 0.6) is 0 Å². The summed E-state index contributed by atoms with van der Waals surface area (Å²) in [5, 5.41) is 5.29. The van der Waals surface area contributed by atoms with Gasteiger partial charge in [0.1, 0.15) is 0 Å². The molecule has 0 atom stereocenters. The van der Waals surface area contributed by atoms with E-state index in [4.69, 9.17) is 0 Å². The molecule has 0 nitrogen and oxygen atoms in total. The highest BCUT2D eigenvalue weighted by Crippen LogP contribution is 2.34. The Bertz CT molecular complexity index is 1420. The molecule has 0 heteroatoms. The van der Waals surface area contributed by atoms with E-state index in [-0.39, 0.29) is 0 Å². The Morgan fingerprint density at radius 3 is 1.06 bits per heavy atom. The zero-order valence-electron chi connectivity index (χ0n) is 20.4. The first-order chi connectivity index (χ1) is 16.5. The van der Waals surface area contributed by atoms with Crippen molar-refractivity contribution in [3.8, 4) is 0 Å². The van der Waals surface area contributed by atoms with E-state index in [1.807, 2.05) is 0 Å². The SMILES string of the molecule is Cc1ccc(/C=C/c2ccc3c(C)c(C)c4ccc(/C=C/c5ccc(C)cc5)cc4c3c2)cc1. The summed E-state index contributed by atoms with van der Waals surface area (Å²) >= 11 is 0. The van der Waals surface area contributed by atoms with Crippen molar-refractivity contribution in [1.29, 1.82) is 0 Å². The Labute approximate surface area is 202 Å². The van der Waals surface area contributed by atoms with E-state index in [2.05, 4.69) is 137 Å². The molecule has 0 radical (unpaired) electrons.